The van der Waals surface area contributed by atoms with Crippen LogP contribution in [0.5, 0.6) is 0 Å². The lowest BCUT2D eigenvalue weighted by molar-refractivity contribution is 0.427. The number of nitrogens with one attached hydrogen (secondary N) is 1. The van der Waals surface area contributed by atoms with Crippen LogP contribution in [-0.2, 0) is 0 Å². The van der Waals surface area contributed by atoms with E-state index in [0.717, 1.165) is 43.3 Å². The number of nitrogens with zero attached hydrogens (tertiary/aromatic N) is 4. The highest BCUT2D eigenvalue weighted by Crippen LogP contribution is 2.32. The van der Waals surface area contributed by atoms with Gasteiger partial charge in [0.1, 0.15) is 11.6 Å². The van der Waals surface area contributed by atoms with E-state index in [1.165, 1.54) is 50.7 Å². The van der Waals surface area contributed by atoms with Gasteiger partial charge in [-0.2, -0.15) is 15.0 Å². The molecule has 1 atom stereocenters. The average Bonchev–Trinajstić information content (AvgIpc) is 2.75. The lowest BCUT2D eigenvalue weighted by atomic mass is 9.89. The van der Waals surface area contributed by atoms with E-state index < -0.39 is 0 Å². The fraction of sp³-hybridized carbons (Fsp3) is 0.591. The summed E-state index contributed by atoms with van der Waals surface area (Å²) in [5.41, 5.74) is 1.01. The van der Waals surface area contributed by atoms with Gasteiger partial charge in [0.05, 0.1) is 6.04 Å². The molecule has 4 rings (SSSR count). The molecule has 0 amide bonds. The lowest BCUT2D eigenvalue weighted by Crippen LogP contribution is -2.32. The minimum Gasteiger partial charge on any atom is -0.348 e. The highest BCUT2D eigenvalue weighted by molar-refractivity contribution is 5.85. The molecule has 9 nitrogen and oxygen atoms in total. The van der Waals surface area contributed by atoms with Gasteiger partial charge in [-0.05, 0) is 56.7 Å². The van der Waals surface area contributed by atoms with Gasteiger partial charge >= 0.3 is 0 Å². The molecule has 13 N–H and O–H groups in total. The van der Waals surface area contributed by atoms with Crippen LogP contribution in [0.15, 0.2) is 24.3 Å². The van der Waals surface area contributed by atoms with E-state index in [9.17, 15) is 4.39 Å². The Hall–Kier alpha value is -2.11. The molecule has 33 heavy (non-hydrogen) atoms. The molecule has 0 spiro atoms. The Morgan fingerprint density at radius 3 is 2.06 bits per heavy atom. The smallest absolute Gasteiger partial charge is 0.230 e. The topological polar surface area (TPSA) is 194 Å². The first-order chi connectivity index (χ1) is 13.7. The number of aromatic nitrogens is 3. The molecular formula is C22H51ClFN9. The number of anilines is 2. The summed E-state index contributed by atoms with van der Waals surface area (Å²) in [6, 6.07) is 6.60. The molecule has 1 aromatic heterocycles. The van der Waals surface area contributed by atoms with Crippen LogP contribution in [0.4, 0.5) is 16.3 Å². The van der Waals surface area contributed by atoms with Crippen LogP contribution in [0.3, 0.4) is 0 Å². The summed E-state index contributed by atoms with van der Waals surface area (Å²) in [6.45, 7) is 4.08. The minimum atomic E-state index is -0.219. The van der Waals surface area contributed by atoms with Gasteiger partial charge in [0.15, 0.2) is 0 Å². The number of hydrogen-bond donors (Lipinski definition) is 5. The van der Waals surface area contributed by atoms with Gasteiger partial charge in [-0.3, -0.25) is 0 Å². The maximum absolute atomic E-state index is 13.2. The summed E-state index contributed by atoms with van der Waals surface area (Å²) >= 11 is 0. The van der Waals surface area contributed by atoms with Crippen molar-refractivity contribution in [1.29, 1.82) is 0 Å². The second-order valence-corrected chi connectivity index (χ2v) is 8.12. The molecule has 2 heterocycles. The van der Waals surface area contributed by atoms with Crippen LogP contribution < -0.4 is 34.8 Å². The van der Waals surface area contributed by atoms with Gasteiger partial charge in [-0.1, -0.05) is 31.4 Å². The van der Waals surface area contributed by atoms with Crippen molar-refractivity contribution in [2.45, 2.75) is 70.3 Å². The summed E-state index contributed by atoms with van der Waals surface area (Å²) in [4.78, 5) is 16.7. The van der Waals surface area contributed by atoms with Gasteiger partial charge in [0.25, 0.3) is 0 Å². The Balaban J connectivity index is -0.000000267. The Bertz CT molecular complexity index is 764. The second-order valence-electron chi connectivity index (χ2n) is 8.12. The zero-order valence-corrected chi connectivity index (χ0v) is 20.8. The molecule has 2 aromatic rings. The van der Waals surface area contributed by atoms with E-state index in [1.807, 2.05) is 12.1 Å². The van der Waals surface area contributed by atoms with Gasteiger partial charge in [-0.25, -0.2) is 4.39 Å². The number of piperidine rings is 1. The molecule has 1 aromatic carbocycles. The third-order valence-electron chi connectivity index (χ3n) is 5.97. The van der Waals surface area contributed by atoms with Gasteiger partial charge in [0.2, 0.25) is 11.9 Å². The van der Waals surface area contributed by atoms with Gasteiger partial charge in [0, 0.05) is 24.7 Å². The van der Waals surface area contributed by atoms with Crippen molar-refractivity contribution < 1.29 is 10.1 Å². The summed E-state index contributed by atoms with van der Waals surface area (Å²) in [7, 11) is 0. The normalized spacial score (nSPS) is 16.5. The molecule has 2 fully saturated rings. The van der Waals surface area contributed by atoms with E-state index in [2.05, 4.69) is 17.1 Å². The Labute approximate surface area is 209 Å². The van der Waals surface area contributed by atoms with Crippen molar-refractivity contribution in [2.75, 3.05) is 23.3 Å². The van der Waals surface area contributed by atoms with Crippen LogP contribution in [0.2, 0.25) is 0 Å². The van der Waals surface area contributed by atoms with E-state index in [1.54, 1.807) is 0 Å². The quantitative estimate of drug-likeness (QED) is 0.283. The number of halogens is 2. The fourth-order valence-electron chi connectivity index (χ4n) is 4.25. The van der Waals surface area contributed by atoms with Crippen LogP contribution in [0, 0.1) is 5.82 Å². The molecule has 198 valence electrons. The summed E-state index contributed by atoms with van der Waals surface area (Å²) in [5.74, 6) is 2.59. The van der Waals surface area contributed by atoms with Crippen LogP contribution in [0.25, 0.3) is 0 Å². The number of benzene rings is 1. The first-order valence-electron chi connectivity index (χ1n) is 10.7. The van der Waals surface area contributed by atoms with Crippen molar-refractivity contribution in [3.8, 4) is 0 Å². The molecular weight excluding hydrogens is 445 g/mol. The largest absolute Gasteiger partial charge is 0.348 e. The van der Waals surface area contributed by atoms with E-state index >= 15 is 0 Å². The highest BCUT2D eigenvalue weighted by atomic mass is 35.5. The number of rotatable bonds is 5. The Morgan fingerprint density at radius 2 is 1.45 bits per heavy atom. The van der Waals surface area contributed by atoms with Gasteiger partial charge < -0.3 is 34.8 Å². The van der Waals surface area contributed by atoms with Gasteiger partial charge in [-0.15, -0.1) is 12.4 Å². The third-order valence-corrected chi connectivity index (χ3v) is 5.97. The van der Waals surface area contributed by atoms with Crippen molar-refractivity contribution in [1.82, 2.24) is 39.6 Å². The van der Waals surface area contributed by atoms with Crippen LogP contribution in [-0.4, -0.2) is 28.0 Å². The van der Waals surface area contributed by atoms with Crippen molar-refractivity contribution in [3.63, 3.8) is 0 Å². The molecule has 0 radical (unpaired) electrons. The Kier molecular flexibility index (Phi) is 15.7. The van der Waals surface area contributed by atoms with Crippen molar-refractivity contribution in [3.05, 3.63) is 41.5 Å². The Morgan fingerprint density at radius 1 is 0.879 bits per heavy atom. The number of hydrogen-bond acceptors (Lipinski definition) is 9. The molecule has 2 aliphatic rings. The van der Waals surface area contributed by atoms with E-state index in [-0.39, 0.29) is 54.6 Å². The minimum absolute atomic E-state index is 0. The third kappa shape index (κ3) is 8.63. The first kappa shape index (κ1) is 33.1. The highest BCUT2D eigenvalue weighted by Gasteiger charge is 2.23. The maximum atomic E-state index is 13.2. The van der Waals surface area contributed by atoms with Crippen molar-refractivity contribution >= 4 is 24.3 Å². The summed E-state index contributed by atoms with van der Waals surface area (Å²) < 4.78 is 13.2. The van der Waals surface area contributed by atoms with Crippen LogP contribution in [0.1, 0.15) is 87.3 Å². The average molecular weight is 496 g/mol. The van der Waals surface area contributed by atoms with Crippen molar-refractivity contribution in [2.24, 2.45) is 0 Å². The SMILES string of the molecule is CC(Nc1nc(C2CCCCC2)nc(N2CCCCC2)n1)c1ccc(F)cc1.Cl.N.N.N.N.[HH].[HH].[HH].[HH]. The van der Waals surface area contributed by atoms with E-state index in [0.29, 0.717) is 11.9 Å². The summed E-state index contributed by atoms with van der Waals surface area (Å²) in [5, 5.41) is 3.43. The molecule has 1 aliphatic carbocycles. The predicted molar refractivity (Wildman–Crippen MR) is 146 cm³/mol. The predicted octanol–water partition coefficient (Wildman–Crippen LogP) is 7.28. The molecule has 1 saturated carbocycles. The maximum Gasteiger partial charge on any atom is 0.230 e. The first-order valence-corrected chi connectivity index (χ1v) is 10.7. The van der Waals surface area contributed by atoms with Crippen LogP contribution >= 0.6 is 12.4 Å². The molecule has 1 aliphatic heterocycles. The molecule has 1 saturated heterocycles. The standard InChI is InChI=1S/C22H30FN5.ClH.4H3N.4H2/c1-16(17-10-12-19(23)13-11-17)24-21-25-20(18-8-4-2-5-9-18)26-22(27-21)28-14-6-3-7-15-28;;;;;;;;;/h10-13,16,18H,2-9,14-15H2,1H3,(H,24,25,26,27);1H;4*1H3;4*1H. The molecule has 11 heteroatoms. The molecule has 0 bridgehead atoms. The summed E-state index contributed by atoms with van der Waals surface area (Å²) in [6.07, 6.45) is 9.82. The lowest BCUT2D eigenvalue weighted by Gasteiger charge is -2.28. The zero-order chi connectivity index (χ0) is 19.3. The second kappa shape index (κ2) is 15.7. The fourth-order valence-corrected chi connectivity index (χ4v) is 4.25. The molecule has 1 unspecified atom stereocenters. The zero-order valence-electron chi connectivity index (χ0n) is 19.9. The monoisotopic (exact) mass is 495 g/mol. The van der Waals surface area contributed by atoms with E-state index in [4.69, 9.17) is 15.0 Å².